The van der Waals surface area contributed by atoms with Crippen molar-refractivity contribution >= 4 is 46.9 Å². The summed E-state index contributed by atoms with van der Waals surface area (Å²) in [5, 5.41) is 7.75. The van der Waals surface area contributed by atoms with Crippen LogP contribution in [0.3, 0.4) is 0 Å². The summed E-state index contributed by atoms with van der Waals surface area (Å²) in [6, 6.07) is 18.0. The minimum Gasteiger partial charge on any atom is -0.488 e. The largest absolute Gasteiger partial charge is 0.488 e. The normalized spacial score (nSPS) is 10.8. The Morgan fingerprint density at radius 1 is 0.939 bits per heavy atom. The second-order valence-corrected chi connectivity index (χ2v) is 8.29. The molecule has 0 bridgehead atoms. The molecule has 0 spiro atoms. The predicted molar refractivity (Wildman–Crippen MR) is 132 cm³/mol. The number of halogens is 2. The molecule has 0 saturated carbocycles. The number of nitrogens with one attached hydrogen (secondary N) is 2. The molecular formula is C25H23Cl2N3O3. The van der Waals surface area contributed by atoms with Gasteiger partial charge in [-0.3, -0.25) is 9.59 Å². The molecule has 0 aromatic heterocycles. The van der Waals surface area contributed by atoms with Gasteiger partial charge in [-0.15, -0.1) is 0 Å². The molecule has 0 aliphatic carbocycles. The molecule has 0 aliphatic heterocycles. The number of amides is 2. The van der Waals surface area contributed by atoms with Gasteiger partial charge in [0.25, 0.3) is 0 Å². The van der Waals surface area contributed by atoms with Gasteiger partial charge in [-0.2, -0.15) is 5.10 Å². The van der Waals surface area contributed by atoms with Gasteiger partial charge in [0.2, 0.25) is 11.8 Å². The Hall–Kier alpha value is -3.35. The Morgan fingerprint density at radius 2 is 1.73 bits per heavy atom. The van der Waals surface area contributed by atoms with Gasteiger partial charge in [-0.05, 0) is 73.0 Å². The van der Waals surface area contributed by atoms with Crippen LogP contribution in [0.4, 0.5) is 5.69 Å². The number of hydrazone groups is 1. The number of hydrogen-bond donors (Lipinski definition) is 2. The molecule has 0 atom stereocenters. The van der Waals surface area contributed by atoms with Crippen LogP contribution in [-0.4, -0.2) is 18.0 Å². The average molecular weight is 484 g/mol. The second-order valence-electron chi connectivity index (χ2n) is 7.42. The maximum atomic E-state index is 12.1. The first kappa shape index (κ1) is 24.3. The number of benzene rings is 3. The Kier molecular flexibility index (Phi) is 8.46. The van der Waals surface area contributed by atoms with Crippen LogP contribution in [0.25, 0.3) is 0 Å². The predicted octanol–water partition coefficient (Wildman–Crippen LogP) is 5.67. The minimum atomic E-state index is -0.545. The molecule has 0 radical (unpaired) electrons. The van der Waals surface area contributed by atoms with E-state index in [1.54, 1.807) is 30.3 Å². The molecule has 8 heteroatoms. The van der Waals surface area contributed by atoms with Gasteiger partial charge in [0.15, 0.2) is 0 Å². The number of hydrogen-bond acceptors (Lipinski definition) is 4. The van der Waals surface area contributed by atoms with E-state index in [-0.39, 0.29) is 6.42 Å². The Balaban J connectivity index is 1.56. The summed E-state index contributed by atoms with van der Waals surface area (Å²) >= 11 is 12.1. The van der Waals surface area contributed by atoms with Crippen molar-refractivity contribution in [3.8, 4) is 5.75 Å². The first-order valence-corrected chi connectivity index (χ1v) is 10.9. The van der Waals surface area contributed by atoms with Crippen molar-refractivity contribution in [1.82, 2.24) is 5.43 Å². The lowest BCUT2D eigenvalue weighted by molar-refractivity contribution is -0.126. The third kappa shape index (κ3) is 7.63. The summed E-state index contributed by atoms with van der Waals surface area (Å²) in [4.78, 5) is 24.2. The Labute approximate surface area is 202 Å². The zero-order chi connectivity index (χ0) is 23.8. The zero-order valence-electron chi connectivity index (χ0n) is 18.2. The fourth-order valence-electron chi connectivity index (χ4n) is 2.92. The lowest BCUT2D eigenvalue weighted by Gasteiger charge is -2.10. The first-order valence-electron chi connectivity index (χ1n) is 10.2. The summed E-state index contributed by atoms with van der Waals surface area (Å²) in [6.45, 7) is 4.24. The van der Waals surface area contributed by atoms with Crippen molar-refractivity contribution in [3.05, 3.63) is 93.0 Å². The van der Waals surface area contributed by atoms with E-state index in [9.17, 15) is 9.59 Å². The highest BCUT2D eigenvalue weighted by atomic mass is 35.5. The number of carbonyl (C=O) groups excluding carboxylic acids is 2. The van der Waals surface area contributed by atoms with E-state index in [0.717, 1.165) is 16.7 Å². The number of ether oxygens (including phenoxy) is 1. The Morgan fingerprint density at radius 3 is 2.48 bits per heavy atom. The van der Waals surface area contributed by atoms with Gasteiger partial charge in [0.1, 0.15) is 18.8 Å². The lowest BCUT2D eigenvalue weighted by atomic mass is 10.1. The topological polar surface area (TPSA) is 79.8 Å². The van der Waals surface area contributed by atoms with Crippen LogP contribution in [0.2, 0.25) is 10.0 Å². The molecule has 0 fully saturated rings. The van der Waals surface area contributed by atoms with Crippen molar-refractivity contribution < 1.29 is 14.3 Å². The van der Waals surface area contributed by atoms with Crippen LogP contribution < -0.4 is 15.5 Å². The number of nitrogens with zero attached hydrogens (tertiary/aromatic N) is 1. The molecule has 2 N–H and O–H groups in total. The molecule has 6 nitrogen and oxygen atoms in total. The fraction of sp³-hybridized carbons (Fsp3) is 0.160. The van der Waals surface area contributed by atoms with E-state index in [0.29, 0.717) is 33.7 Å². The van der Waals surface area contributed by atoms with Crippen LogP contribution in [0.15, 0.2) is 65.8 Å². The summed E-state index contributed by atoms with van der Waals surface area (Å²) < 4.78 is 5.85. The molecule has 0 heterocycles. The molecule has 3 aromatic rings. The summed E-state index contributed by atoms with van der Waals surface area (Å²) in [5.74, 6) is -0.444. The van der Waals surface area contributed by atoms with Crippen molar-refractivity contribution in [3.63, 3.8) is 0 Å². The maximum Gasteiger partial charge on any atom is 0.249 e. The van der Waals surface area contributed by atoms with Crippen LogP contribution >= 0.6 is 23.2 Å². The molecule has 3 rings (SSSR count). The summed E-state index contributed by atoms with van der Waals surface area (Å²) in [7, 11) is 0. The van der Waals surface area contributed by atoms with Gasteiger partial charge < -0.3 is 10.1 Å². The fourth-order valence-corrected chi connectivity index (χ4v) is 3.32. The van der Waals surface area contributed by atoms with E-state index >= 15 is 0 Å². The van der Waals surface area contributed by atoms with E-state index in [1.807, 2.05) is 44.2 Å². The van der Waals surface area contributed by atoms with Crippen molar-refractivity contribution in [2.75, 3.05) is 5.32 Å². The molecular weight excluding hydrogens is 461 g/mol. The van der Waals surface area contributed by atoms with Crippen LogP contribution in [0.5, 0.6) is 5.75 Å². The smallest absolute Gasteiger partial charge is 0.249 e. The van der Waals surface area contributed by atoms with Crippen LogP contribution in [0.1, 0.15) is 28.7 Å². The monoisotopic (exact) mass is 483 g/mol. The highest BCUT2D eigenvalue weighted by Crippen LogP contribution is 2.23. The molecule has 33 heavy (non-hydrogen) atoms. The number of aryl methyl sites for hydroxylation is 2. The second kappa shape index (κ2) is 11.5. The third-order valence-corrected chi connectivity index (χ3v) is 5.23. The van der Waals surface area contributed by atoms with E-state index in [1.165, 1.54) is 6.21 Å². The van der Waals surface area contributed by atoms with E-state index < -0.39 is 11.8 Å². The van der Waals surface area contributed by atoms with E-state index in [2.05, 4.69) is 15.8 Å². The van der Waals surface area contributed by atoms with Gasteiger partial charge in [-0.1, -0.05) is 41.4 Å². The molecule has 0 saturated heterocycles. The van der Waals surface area contributed by atoms with Gasteiger partial charge in [-0.25, -0.2) is 5.43 Å². The quantitative estimate of drug-likeness (QED) is 0.246. The highest BCUT2D eigenvalue weighted by Gasteiger charge is 2.10. The van der Waals surface area contributed by atoms with Crippen LogP contribution in [0, 0.1) is 13.8 Å². The number of anilines is 1. The number of carbonyl (C=O) groups is 2. The third-order valence-electron chi connectivity index (χ3n) is 4.76. The zero-order valence-corrected chi connectivity index (χ0v) is 19.7. The van der Waals surface area contributed by atoms with Crippen molar-refractivity contribution in [1.29, 1.82) is 0 Å². The summed E-state index contributed by atoms with van der Waals surface area (Å²) in [5.41, 5.74) is 6.64. The SMILES string of the molecule is Cc1ccc(NC(=O)CC(=O)NN=Cc2cc(Cl)ccc2OCc2cccc(Cl)c2)cc1C. The standard InChI is InChI=1S/C25H23Cl2N3O3/c1-16-6-8-22(10-17(16)2)29-24(31)13-25(32)30-28-14-19-12-21(27)7-9-23(19)33-15-18-4-3-5-20(26)11-18/h3-12,14H,13,15H2,1-2H3,(H,29,31)(H,30,32). The molecule has 0 unspecified atom stereocenters. The maximum absolute atomic E-state index is 12.1. The van der Waals surface area contributed by atoms with E-state index in [4.69, 9.17) is 27.9 Å². The lowest BCUT2D eigenvalue weighted by Crippen LogP contribution is -2.24. The summed E-state index contributed by atoms with van der Waals surface area (Å²) in [6.07, 6.45) is 1.05. The number of rotatable bonds is 8. The molecule has 170 valence electrons. The average Bonchev–Trinajstić information content (AvgIpc) is 2.76. The van der Waals surface area contributed by atoms with Crippen molar-refractivity contribution in [2.45, 2.75) is 26.9 Å². The van der Waals surface area contributed by atoms with Gasteiger partial charge in [0, 0.05) is 21.3 Å². The van der Waals surface area contributed by atoms with Crippen LogP contribution in [-0.2, 0) is 16.2 Å². The minimum absolute atomic E-state index is 0.300. The van der Waals surface area contributed by atoms with Crippen molar-refractivity contribution in [2.24, 2.45) is 5.10 Å². The Bertz CT molecular complexity index is 1200. The van der Waals surface area contributed by atoms with Gasteiger partial charge in [0.05, 0.1) is 6.21 Å². The van der Waals surface area contributed by atoms with Gasteiger partial charge >= 0.3 is 0 Å². The molecule has 2 amide bonds. The highest BCUT2D eigenvalue weighted by molar-refractivity contribution is 6.31. The first-order chi connectivity index (χ1) is 15.8. The molecule has 3 aromatic carbocycles. The molecule has 0 aliphatic rings.